The molecule has 25 heavy (non-hydrogen) atoms. The lowest BCUT2D eigenvalue weighted by Crippen LogP contribution is -2.42. The molecule has 0 aromatic heterocycles. The summed E-state index contributed by atoms with van der Waals surface area (Å²) in [6.45, 7) is 2.22. The van der Waals surface area contributed by atoms with Crippen molar-refractivity contribution < 1.29 is 22.7 Å². The van der Waals surface area contributed by atoms with Crippen molar-refractivity contribution in [3.05, 3.63) is 29.3 Å². The van der Waals surface area contributed by atoms with Crippen LogP contribution in [0.2, 0.25) is 5.02 Å². The number of esters is 1. The van der Waals surface area contributed by atoms with E-state index < -0.39 is 34.5 Å². The molecule has 1 aliphatic rings. The third kappa shape index (κ3) is 4.93. The molecule has 1 aromatic carbocycles. The van der Waals surface area contributed by atoms with Crippen molar-refractivity contribution in [2.45, 2.75) is 37.1 Å². The maximum absolute atomic E-state index is 12.7. The maximum Gasteiger partial charge on any atom is 0.324 e. The second-order valence-corrected chi connectivity index (χ2v) is 8.01. The molecule has 1 fully saturated rings. The molecule has 1 unspecified atom stereocenters. The molecule has 1 N–H and O–H groups in total. The lowest BCUT2D eigenvalue weighted by Gasteiger charge is -2.22. The largest absolute Gasteiger partial charge is 0.454 e. The van der Waals surface area contributed by atoms with Crippen molar-refractivity contribution in [1.29, 1.82) is 0 Å². The Bertz CT molecular complexity index is 721. The Balaban J connectivity index is 2.05. The fourth-order valence-corrected chi connectivity index (χ4v) is 4.33. The molecule has 7 nitrogen and oxygen atoms in total. The van der Waals surface area contributed by atoms with E-state index in [-0.39, 0.29) is 11.4 Å². The normalized spacial score (nSPS) is 18.1. The summed E-state index contributed by atoms with van der Waals surface area (Å²) in [6.07, 6.45) is 1.69. The molecular formula is C16H21ClN2O5S. The van der Waals surface area contributed by atoms with E-state index in [0.29, 0.717) is 24.4 Å². The molecule has 1 aliphatic heterocycles. The molecule has 1 amide bonds. The third-order valence-electron chi connectivity index (χ3n) is 3.81. The van der Waals surface area contributed by atoms with Gasteiger partial charge in [0.1, 0.15) is 6.04 Å². The molecule has 138 valence electrons. The molecule has 1 heterocycles. The van der Waals surface area contributed by atoms with Crippen LogP contribution < -0.4 is 5.32 Å². The van der Waals surface area contributed by atoms with Gasteiger partial charge in [0.25, 0.3) is 5.91 Å². The average molecular weight is 389 g/mol. The van der Waals surface area contributed by atoms with Crippen LogP contribution in [0.1, 0.15) is 26.2 Å². The Kier molecular flexibility index (Phi) is 6.80. The molecule has 1 atom stereocenters. The fourth-order valence-electron chi connectivity index (χ4n) is 2.55. The highest BCUT2D eigenvalue weighted by atomic mass is 35.5. The number of amides is 1. The number of nitrogens with one attached hydrogen (secondary N) is 1. The number of hydrogen-bond donors (Lipinski definition) is 1. The number of carbonyl (C=O) groups excluding carboxylic acids is 2. The van der Waals surface area contributed by atoms with Gasteiger partial charge in [-0.2, -0.15) is 4.31 Å². The van der Waals surface area contributed by atoms with Gasteiger partial charge in [0.05, 0.1) is 4.90 Å². The van der Waals surface area contributed by atoms with Crippen LogP contribution in [0.15, 0.2) is 29.2 Å². The zero-order chi connectivity index (χ0) is 18.4. The number of sulfonamides is 1. The summed E-state index contributed by atoms with van der Waals surface area (Å²) < 4.78 is 31.6. The summed E-state index contributed by atoms with van der Waals surface area (Å²) in [4.78, 5) is 23.8. The number of halogens is 1. The topological polar surface area (TPSA) is 92.8 Å². The van der Waals surface area contributed by atoms with Crippen molar-refractivity contribution in [3.8, 4) is 0 Å². The minimum Gasteiger partial charge on any atom is -0.454 e. The minimum atomic E-state index is -3.83. The first kappa shape index (κ1) is 19.7. The Morgan fingerprint density at radius 3 is 2.64 bits per heavy atom. The fraction of sp³-hybridized carbons (Fsp3) is 0.500. The second kappa shape index (κ2) is 8.64. The van der Waals surface area contributed by atoms with Gasteiger partial charge in [-0.15, -0.1) is 0 Å². The summed E-state index contributed by atoms with van der Waals surface area (Å²) in [5.41, 5.74) is 0. The van der Waals surface area contributed by atoms with Gasteiger partial charge >= 0.3 is 5.97 Å². The summed E-state index contributed by atoms with van der Waals surface area (Å²) >= 11 is 5.79. The van der Waals surface area contributed by atoms with E-state index in [9.17, 15) is 18.0 Å². The maximum atomic E-state index is 12.7. The van der Waals surface area contributed by atoms with Crippen LogP contribution in [-0.2, 0) is 24.3 Å². The average Bonchev–Trinajstić information content (AvgIpc) is 3.09. The van der Waals surface area contributed by atoms with Gasteiger partial charge in [-0.25, -0.2) is 8.42 Å². The van der Waals surface area contributed by atoms with Crippen LogP contribution in [0.3, 0.4) is 0 Å². The van der Waals surface area contributed by atoms with Crippen LogP contribution >= 0.6 is 11.6 Å². The van der Waals surface area contributed by atoms with Gasteiger partial charge in [-0.3, -0.25) is 9.59 Å². The SMILES string of the molecule is CCCNC(=O)COC(=O)C1CCCN1S(=O)(=O)c1ccc(Cl)cc1. The number of nitrogens with zero attached hydrogens (tertiary/aromatic N) is 1. The van der Waals surface area contributed by atoms with Crippen LogP contribution in [-0.4, -0.2) is 50.3 Å². The first-order valence-corrected chi connectivity index (χ1v) is 9.89. The quantitative estimate of drug-likeness (QED) is 0.715. The van der Waals surface area contributed by atoms with Gasteiger partial charge < -0.3 is 10.1 Å². The standard InChI is InChI=1S/C16H21ClN2O5S/c1-2-9-18-15(20)11-24-16(21)14-4-3-10-19(14)25(22,23)13-7-5-12(17)6-8-13/h5-8,14H,2-4,9-11H2,1H3,(H,18,20). The Morgan fingerprint density at radius 2 is 2.00 bits per heavy atom. The van der Waals surface area contributed by atoms with Crippen molar-refractivity contribution in [3.63, 3.8) is 0 Å². The zero-order valence-corrected chi connectivity index (χ0v) is 15.5. The van der Waals surface area contributed by atoms with Gasteiger partial charge in [-0.05, 0) is 43.5 Å². The number of ether oxygens (including phenoxy) is 1. The van der Waals surface area contributed by atoms with Crippen molar-refractivity contribution in [2.75, 3.05) is 19.7 Å². The molecular weight excluding hydrogens is 368 g/mol. The summed E-state index contributed by atoms with van der Waals surface area (Å²) in [6, 6.07) is 4.85. The smallest absolute Gasteiger partial charge is 0.324 e. The molecule has 0 bridgehead atoms. The summed E-state index contributed by atoms with van der Waals surface area (Å²) in [7, 11) is -3.83. The molecule has 0 saturated carbocycles. The van der Waals surface area contributed by atoms with Gasteiger partial charge in [0, 0.05) is 18.1 Å². The van der Waals surface area contributed by atoms with Crippen LogP contribution in [0.25, 0.3) is 0 Å². The van der Waals surface area contributed by atoms with Crippen LogP contribution in [0.5, 0.6) is 0 Å². The molecule has 9 heteroatoms. The third-order valence-corrected chi connectivity index (χ3v) is 5.99. The predicted octanol–water partition coefficient (Wildman–Crippen LogP) is 1.56. The van der Waals surface area contributed by atoms with Gasteiger partial charge in [0.2, 0.25) is 10.0 Å². The molecule has 2 rings (SSSR count). The van der Waals surface area contributed by atoms with Gasteiger partial charge in [0.15, 0.2) is 6.61 Å². The van der Waals surface area contributed by atoms with E-state index in [1.807, 2.05) is 6.92 Å². The Labute approximate surface area is 152 Å². The van der Waals surface area contributed by atoms with Crippen LogP contribution in [0, 0.1) is 0 Å². The minimum absolute atomic E-state index is 0.0669. The molecule has 1 saturated heterocycles. The number of rotatable bonds is 7. The first-order valence-electron chi connectivity index (χ1n) is 8.07. The van der Waals surface area contributed by atoms with E-state index in [0.717, 1.165) is 10.7 Å². The van der Waals surface area contributed by atoms with E-state index in [4.69, 9.17) is 16.3 Å². The van der Waals surface area contributed by atoms with Gasteiger partial charge in [-0.1, -0.05) is 18.5 Å². The zero-order valence-electron chi connectivity index (χ0n) is 13.9. The highest BCUT2D eigenvalue weighted by Crippen LogP contribution is 2.27. The van der Waals surface area contributed by atoms with E-state index in [1.165, 1.54) is 24.3 Å². The highest BCUT2D eigenvalue weighted by Gasteiger charge is 2.40. The summed E-state index contributed by atoms with van der Waals surface area (Å²) in [5.74, 6) is -1.11. The summed E-state index contributed by atoms with van der Waals surface area (Å²) in [5, 5.41) is 3.02. The number of carbonyl (C=O) groups is 2. The Morgan fingerprint density at radius 1 is 1.32 bits per heavy atom. The monoisotopic (exact) mass is 388 g/mol. The second-order valence-electron chi connectivity index (χ2n) is 5.69. The van der Waals surface area contributed by atoms with E-state index >= 15 is 0 Å². The molecule has 0 spiro atoms. The van der Waals surface area contributed by atoms with Crippen LogP contribution in [0.4, 0.5) is 0 Å². The molecule has 1 aromatic rings. The molecule has 0 radical (unpaired) electrons. The van der Waals surface area contributed by atoms with E-state index in [1.54, 1.807) is 0 Å². The van der Waals surface area contributed by atoms with Crippen molar-refractivity contribution in [1.82, 2.24) is 9.62 Å². The lowest BCUT2D eigenvalue weighted by molar-refractivity contribution is -0.151. The first-order chi connectivity index (χ1) is 11.9. The van der Waals surface area contributed by atoms with Crippen molar-refractivity contribution in [2.24, 2.45) is 0 Å². The number of hydrogen-bond acceptors (Lipinski definition) is 5. The predicted molar refractivity (Wildman–Crippen MR) is 92.6 cm³/mol. The van der Waals surface area contributed by atoms with Crippen molar-refractivity contribution >= 4 is 33.5 Å². The number of benzene rings is 1. The molecule has 0 aliphatic carbocycles. The Hall–Kier alpha value is -1.64. The highest BCUT2D eigenvalue weighted by molar-refractivity contribution is 7.89. The van der Waals surface area contributed by atoms with E-state index in [2.05, 4.69) is 5.32 Å². The lowest BCUT2D eigenvalue weighted by atomic mass is 10.2.